The lowest BCUT2D eigenvalue weighted by atomic mass is 10.1. The molecule has 0 unspecified atom stereocenters. The number of aryl methyl sites for hydroxylation is 3. The molecule has 0 amide bonds. The van der Waals surface area contributed by atoms with Crippen molar-refractivity contribution in [2.45, 2.75) is 40.5 Å². The number of hydrogen-bond acceptors (Lipinski definition) is 6. The van der Waals surface area contributed by atoms with Gasteiger partial charge in [0.1, 0.15) is 17.1 Å². The van der Waals surface area contributed by atoms with Crippen molar-refractivity contribution in [3.05, 3.63) is 75.1 Å². The molecular weight excluding hydrogens is 396 g/mol. The number of Topliss-reactive ketones (excluding diaryl/α,β-unsaturated/α-hetero) is 1. The number of nitrogens with zero attached hydrogens (tertiary/aromatic N) is 2. The van der Waals surface area contributed by atoms with Crippen LogP contribution < -0.4 is 10.4 Å². The highest BCUT2D eigenvalue weighted by Gasteiger charge is 2.19. The second kappa shape index (κ2) is 8.26. The zero-order valence-electron chi connectivity index (χ0n) is 18.0. The van der Waals surface area contributed by atoms with Crippen LogP contribution in [0.2, 0.25) is 0 Å². The standard InChI is InChI=1S/C24H24N2O5/c1-5-6-17-11-24(28)30-22-12-18(7-8-19(17)22)29-13-21(27)20-9-14(2)26(16(20)4)23-10-15(3)31-25-23/h7-12H,5-6,13H2,1-4H3. The van der Waals surface area contributed by atoms with Gasteiger partial charge in [-0.1, -0.05) is 18.5 Å². The highest BCUT2D eigenvalue weighted by molar-refractivity contribution is 5.98. The van der Waals surface area contributed by atoms with Crippen molar-refractivity contribution >= 4 is 16.8 Å². The molecule has 4 rings (SSSR count). The Kier molecular flexibility index (Phi) is 5.50. The quantitative estimate of drug-likeness (QED) is 0.318. The normalized spacial score (nSPS) is 11.2. The molecule has 31 heavy (non-hydrogen) atoms. The lowest BCUT2D eigenvalue weighted by Crippen LogP contribution is -2.13. The van der Waals surface area contributed by atoms with Gasteiger partial charge in [0.25, 0.3) is 0 Å². The smallest absolute Gasteiger partial charge is 0.336 e. The summed E-state index contributed by atoms with van der Waals surface area (Å²) in [6.45, 7) is 7.52. The van der Waals surface area contributed by atoms with Gasteiger partial charge in [-0.3, -0.25) is 9.36 Å². The average Bonchev–Trinajstić information content (AvgIpc) is 3.28. The van der Waals surface area contributed by atoms with Crippen molar-refractivity contribution in [3.8, 4) is 11.6 Å². The second-order valence-electron chi connectivity index (χ2n) is 7.63. The van der Waals surface area contributed by atoms with Crippen LogP contribution in [0.15, 0.2) is 50.1 Å². The first kappa shape index (κ1) is 20.7. The van der Waals surface area contributed by atoms with E-state index in [1.807, 2.05) is 43.5 Å². The van der Waals surface area contributed by atoms with Gasteiger partial charge in [0, 0.05) is 40.5 Å². The summed E-state index contributed by atoms with van der Waals surface area (Å²) in [5.74, 6) is 1.66. The maximum atomic E-state index is 12.8. The minimum Gasteiger partial charge on any atom is -0.485 e. The molecule has 0 saturated heterocycles. The molecule has 4 aromatic rings. The van der Waals surface area contributed by atoms with E-state index in [-0.39, 0.29) is 18.0 Å². The van der Waals surface area contributed by atoms with E-state index < -0.39 is 0 Å². The van der Waals surface area contributed by atoms with E-state index in [1.54, 1.807) is 12.1 Å². The molecule has 0 atom stereocenters. The van der Waals surface area contributed by atoms with Gasteiger partial charge in [-0.2, -0.15) is 0 Å². The van der Waals surface area contributed by atoms with Gasteiger partial charge in [-0.05, 0) is 51.0 Å². The van der Waals surface area contributed by atoms with Crippen LogP contribution in [0.4, 0.5) is 0 Å². The van der Waals surface area contributed by atoms with Crippen LogP contribution in [0, 0.1) is 20.8 Å². The molecule has 0 aliphatic heterocycles. The number of ether oxygens (including phenoxy) is 1. The fourth-order valence-corrected chi connectivity index (χ4v) is 3.86. The number of aromatic nitrogens is 2. The zero-order valence-corrected chi connectivity index (χ0v) is 18.0. The van der Waals surface area contributed by atoms with E-state index in [1.165, 1.54) is 6.07 Å². The van der Waals surface area contributed by atoms with Crippen LogP contribution in [-0.4, -0.2) is 22.1 Å². The van der Waals surface area contributed by atoms with Crippen molar-refractivity contribution in [2.24, 2.45) is 0 Å². The molecule has 160 valence electrons. The number of carbonyl (C=O) groups is 1. The predicted molar refractivity (Wildman–Crippen MR) is 116 cm³/mol. The maximum absolute atomic E-state index is 12.8. The molecule has 0 bridgehead atoms. The van der Waals surface area contributed by atoms with Gasteiger partial charge in [0.15, 0.2) is 12.4 Å². The molecule has 3 aromatic heterocycles. The molecule has 0 aliphatic rings. The predicted octanol–water partition coefficient (Wildman–Crippen LogP) is 4.71. The first-order valence-corrected chi connectivity index (χ1v) is 10.2. The molecule has 7 nitrogen and oxygen atoms in total. The van der Waals surface area contributed by atoms with Gasteiger partial charge in [0.2, 0.25) is 5.78 Å². The Morgan fingerprint density at radius 3 is 2.65 bits per heavy atom. The Hall–Kier alpha value is -3.61. The van der Waals surface area contributed by atoms with E-state index in [2.05, 4.69) is 12.1 Å². The number of hydrogen-bond donors (Lipinski definition) is 0. The van der Waals surface area contributed by atoms with Crippen molar-refractivity contribution in [1.82, 2.24) is 9.72 Å². The molecular formula is C24H24N2O5. The highest BCUT2D eigenvalue weighted by Crippen LogP contribution is 2.25. The van der Waals surface area contributed by atoms with Crippen LogP contribution in [0.25, 0.3) is 16.8 Å². The first-order valence-electron chi connectivity index (χ1n) is 10.2. The molecule has 7 heteroatoms. The molecule has 0 saturated carbocycles. The minimum absolute atomic E-state index is 0.132. The van der Waals surface area contributed by atoms with Crippen molar-refractivity contribution in [2.75, 3.05) is 6.61 Å². The van der Waals surface area contributed by atoms with E-state index in [0.717, 1.165) is 35.2 Å². The number of fused-ring (bicyclic) bond motifs is 1. The topological polar surface area (TPSA) is 87.5 Å². The third kappa shape index (κ3) is 4.03. The average molecular weight is 420 g/mol. The Balaban J connectivity index is 1.55. The molecule has 0 N–H and O–H groups in total. The maximum Gasteiger partial charge on any atom is 0.336 e. The van der Waals surface area contributed by atoms with Gasteiger partial charge < -0.3 is 13.7 Å². The Bertz CT molecular complexity index is 1330. The first-order chi connectivity index (χ1) is 14.9. The van der Waals surface area contributed by atoms with E-state index in [4.69, 9.17) is 13.7 Å². The summed E-state index contributed by atoms with van der Waals surface area (Å²) in [6, 6.07) is 10.5. The lowest BCUT2D eigenvalue weighted by molar-refractivity contribution is 0.0921. The second-order valence-corrected chi connectivity index (χ2v) is 7.63. The monoisotopic (exact) mass is 420 g/mol. The third-order valence-electron chi connectivity index (χ3n) is 5.27. The van der Waals surface area contributed by atoms with Crippen LogP contribution in [-0.2, 0) is 6.42 Å². The molecule has 0 fully saturated rings. The summed E-state index contributed by atoms with van der Waals surface area (Å²) >= 11 is 0. The summed E-state index contributed by atoms with van der Waals surface area (Å²) in [4.78, 5) is 24.7. The van der Waals surface area contributed by atoms with E-state index in [0.29, 0.717) is 28.5 Å². The minimum atomic E-state index is -0.389. The van der Waals surface area contributed by atoms with Crippen LogP contribution in [0.3, 0.4) is 0 Å². The van der Waals surface area contributed by atoms with Crippen LogP contribution >= 0.6 is 0 Å². The highest BCUT2D eigenvalue weighted by atomic mass is 16.5. The van der Waals surface area contributed by atoms with Crippen molar-refractivity contribution in [3.63, 3.8) is 0 Å². The fourth-order valence-electron chi connectivity index (χ4n) is 3.86. The summed E-state index contributed by atoms with van der Waals surface area (Å²) < 4.78 is 18.1. The Morgan fingerprint density at radius 2 is 1.94 bits per heavy atom. The van der Waals surface area contributed by atoms with Crippen LogP contribution in [0.5, 0.6) is 5.75 Å². The number of rotatable bonds is 7. The molecule has 1 aromatic carbocycles. The lowest BCUT2D eigenvalue weighted by Gasteiger charge is -2.09. The number of carbonyl (C=O) groups excluding carboxylic acids is 1. The van der Waals surface area contributed by atoms with Crippen molar-refractivity contribution < 1.29 is 18.5 Å². The zero-order chi connectivity index (χ0) is 22.1. The third-order valence-corrected chi connectivity index (χ3v) is 5.27. The Morgan fingerprint density at radius 1 is 1.13 bits per heavy atom. The van der Waals surface area contributed by atoms with Crippen molar-refractivity contribution in [1.29, 1.82) is 0 Å². The SMILES string of the molecule is CCCc1cc(=O)oc2cc(OCC(=O)c3cc(C)n(-c4cc(C)on4)c3C)ccc12. The fraction of sp³-hybridized carbons (Fsp3) is 0.292. The van der Waals surface area contributed by atoms with E-state index in [9.17, 15) is 9.59 Å². The summed E-state index contributed by atoms with van der Waals surface area (Å²) in [7, 11) is 0. The largest absolute Gasteiger partial charge is 0.485 e. The summed E-state index contributed by atoms with van der Waals surface area (Å²) in [5.41, 5.74) is 3.24. The van der Waals surface area contributed by atoms with E-state index >= 15 is 0 Å². The molecule has 0 aliphatic carbocycles. The van der Waals surface area contributed by atoms with Gasteiger partial charge >= 0.3 is 5.63 Å². The summed E-state index contributed by atoms with van der Waals surface area (Å²) in [5, 5.41) is 4.92. The number of benzene rings is 1. The molecule has 3 heterocycles. The van der Waals surface area contributed by atoms with Gasteiger partial charge in [-0.15, -0.1) is 0 Å². The Labute approximate surface area is 179 Å². The summed E-state index contributed by atoms with van der Waals surface area (Å²) in [6.07, 6.45) is 1.72. The van der Waals surface area contributed by atoms with Gasteiger partial charge in [0.05, 0.1) is 0 Å². The van der Waals surface area contributed by atoms with Gasteiger partial charge in [-0.25, -0.2) is 4.79 Å². The number of ketones is 1. The van der Waals surface area contributed by atoms with Crippen LogP contribution in [0.1, 0.15) is 46.4 Å². The molecule has 0 spiro atoms. The molecule has 0 radical (unpaired) electrons.